The second kappa shape index (κ2) is 11.3. The van der Waals surface area contributed by atoms with Gasteiger partial charge in [-0.1, -0.05) is 72.1 Å². The molecule has 0 aliphatic carbocycles. The van der Waals surface area contributed by atoms with E-state index in [0.29, 0.717) is 6.61 Å². The van der Waals surface area contributed by atoms with E-state index in [1.807, 2.05) is 30.3 Å². The van der Waals surface area contributed by atoms with Crippen LogP contribution >= 0.6 is 34.8 Å². The summed E-state index contributed by atoms with van der Waals surface area (Å²) in [7, 11) is 0. The zero-order chi connectivity index (χ0) is 23.2. The fourth-order valence-corrected chi connectivity index (χ4v) is 3.24. The minimum Gasteiger partial charge on any atom is -0.459 e. The van der Waals surface area contributed by atoms with Crippen LogP contribution in [0.15, 0.2) is 30.3 Å². The van der Waals surface area contributed by atoms with Gasteiger partial charge in [-0.05, 0) is 5.56 Å². The monoisotopic (exact) mass is 495 g/mol. The average Bonchev–Trinajstić information content (AvgIpc) is 2.67. The number of benzene rings is 1. The molecule has 1 aliphatic rings. The zero-order valence-corrected chi connectivity index (χ0v) is 19.4. The van der Waals surface area contributed by atoms with Crippen LogP contribution in [0, 0.1) is 11.3 Å². The number of hydrogen-bond donors (Lipinski definition) is 1. The van der Waals surface area contributed by atoms with E-state index >= 15 is 0 Å². The van der Waals surface area contributed by atoms with Crippen molar-refractivity contribution >= 4 is 52.6 Å². The quantitative estimate of drug-likeness (QED) is 0.265. The standard InChI is InChI=1S/C20H24Cl3NO7/c1-11-16(28-12(2)25)15(10-27-9-14-7-5-4-6-8-14)30-18(17(11)29-13(3)26)31-19(24)20(21,22)23/h4-8,11,15-18,24H,9-10H2,1-3H3. The number of halogens is 3. The third-order valence-corrected chi connectivity index (χ3v) is 4.98. The van der Waals surface area contributed by atoms with E-state index in [2.05, 4.69) is 0 Å². The number of carbonyl (C=O) groups excluding carboxylic acids is 2. The minimum absolute atomic E-state index is 0.0327. The third kappa shape index (κ3) is 7.80. The Bertz CT molecular complexity index is 772. The summed E-state index contributed by atoms with van der Waals surface area (Å²) in [6.07, 6.45) is -3.90. The lowest BCUT2D eigenvalue weighted by molar-refractivity contribution is -0.276. The summed E-state index contributed by atoms with van der Waals surface area (Å²) >= 11 is 17.1. The van der Waals surface area contributed by atoms with Crippen LogP contribution in [0.4, 0.5) is 0 Å². The number of ether oxygens (including phenoxy) is 5. The average molecular weight is 497 g/mol. The van der Waals surface area contributed by atoms with Crippen LogP contribution in [-0.4, -0.2) is 52.8 Å². The zero-order valence-electron chi connectivity index (χ0n) is 17.2. The maximum Gasteiger partial charge on any atom is 0.303 e. The Balaban J connectivity index is 2.20. The van der Waals surface area contributed by atoms with Gasteiger partial charge in [-0.2, -0.15) is 0 Å². The summed E-state index contributed by atoms with van der Waals surface area (Å²) in [6.45, 7) is 4.50. The van der Waals surface area contributed by atoms with Crippen LogP contribution in [0.1, 0.15) is 26.3 Å². The number of rotatable bonds is 7. The van der Waals surface area contributed by atoms with E-state index in [1.54, 1.807) is 6.92 Å². The molecule has 1 saturated heterocycles. The molecule has 0 bridgehead atoms. The highest BCUT2D eigenvalue weighted by Crippen LogP contribution is 2.34. The van der Waals surface area contributed by atoms with Crippen molar-refractivity contribution in [2.45, 2.75) is 55.8 Å². The number of esters is 2. The van der Waals surface area contributed by atoms with Crippen LogP contribution in [0.5, 0.6) is 0 Å². The van der Waals surface area contributed by atoms with E-state index in [0.717, 1.165) is 5.56 Å². The first kappa shape index (κ1) is 25.7. The Kier molecular flexibility index (Phi) is 9.39. The molecule has 0 spiro atoms. The highest BCUT2D eigenvalue weighted by atomic mass is 35.6. The maximum absolute atomic E-state index is 11.7. The van der Waals surface area contributed by atoms with Gasteiger partial charge in [0.2, 0.25) is 12.2 Å². The summed E-state index contributed by atoms with van der Waals surface area (Å²) in [6, 6.07) is 9.46. The molecule has 1 aromatic rings. The first-order chi connectivity index (χ1) is 14.5. The lowest BCUT2D eigenvalue weighted by Gasteiger charge is -2.44. The van der Waals surface area contributed by atoms with Gasteiger partial charge in [0.15, 0.2) is 6.10 Å². The molecule has 1 N–H and O–H groups in total. The van der Waals surface area contributed by atoms with E-state index < -0.39 is 52.1 Å². The molecule has 8 nitrogen and oxygen atoms in total. The number of nitrogens with one attached hydrogen (secondary N) is 1. The van der Waals surface area contributed by atoms with Crippen molar-refractivity contribution in [3.8, 4) is 0 Å². The summed E-state index contributed by atoms with van der Waals surface area (Å²) in [4.78, 5) is 23.3. The summed E-state index contributed by atoms with van der Waals surface area (Å²) < 4.78 is 25.6. The van der Waals surface area contributed by atoms with Crippen LogP contribution < -0.4 is 0 Å². The molecule has 11 heteroatoms. The molecule has 0 amide bonds. The Hall–Kier alpha value is -1.58. The SMILES string of the molecule is CC(=O)OC1C(COCc2ccccc2)OC(OC(=N)C(Cl)(Cl)Cl)C(OC(C)=O)C1C. The van der Waals surface area contributed by atoms with Gasteiger partial charge in [0, 0.05) is 19.8 Å². The van der Waals surface area contributed by atoms with Gasteiger partial charge >= 0.3 is 11.9 Å². The first-order valence-electron chi connectivity index (χ1n) is 9.43. The van der Waals surface area contributed by atoms with Crippen molar-refractivity contribution in [1.82, 2.24) is 0 Å². The molecule has 5 atom stereocenters. The predicted molar refractivity (Wildman–Crippen MR) is 114 cm³/mol. The second-order valence-electron chi connectivity index (χ2n) is 7.00. The molecule has 0 aromatic heterocycles. The maximum atomic E-state index is 11.7. The third-order valence-electron chi connectivity index (χ3n) is 4.47. The Morgan fingerprint density at radius 2 is 1.61 bits per heavy atom. The molecule has 1 aliphatic heterocycles. The van der Waals surface area contributed by atoms with Crippen molar-refractivity contribution in [2.75, 3.05) is 6.61 Å². The summed E-state index contributed by atoms with van der Waals surface area (Å²) in [5.74, 6) is -2.43. The topological polar surface area (TPSA) is 104 Å². The number of carbonyl (C=O) groups is 2. The smallest absolute Gasteiger partial charge is 0.303 e. The molecule has 2 rings (SSSR count). The van der Waals surface area contributed by atoms with Gasteiger partial charge in [0.1, 0.15) is 12.2 Å². The molecular formula is C20H24Cl3NO7. The van der Waals surface area contributed by atoms with Gasteiger partial charge in [0.05, 0.1) is 13.2 Å². The summed E-state index contributed by atoms with van der Waals surface area (Å²) in [5.41, 5.74) is 0.943. The molecule has 31 heavy (non-hydrogen) atoms. The summed E-state index contributed by atoms with van der Waals surface area (Å²) in [5, 5.41) is 7.84. The lowest BCUT2D eigenvalue weighted by Crippen LogP contribution is -2.58. The molecule has 0 radical (unpaired) electrons. The molecule has 172 valence electrons. The van der Waals surface area contributed by atoms with E-state index in [9.17, 15) is 9.59 Å². The highest BCUT2D eigenvalue weighted by molar-refractivity contribution is 6.76. The van der Waals surface area contributed by atoms with Crippen molar-refractivity contribution in [3.63, 3.8) is 0 Å². The van der Waals surface area contributed by atoms with Crippen molar-refractivity contribution in [3.05, 3.63) is 35.9 Å². The van der Waals surface area contributed by atoms with Gasteiger partial charge in [-0.25, -0.2) is 0 Å². The van der Waals surface area contributed by atoms with Gasteiger partial charge < -0.3 is 23.7 Å². The van der Waals surface area contributed by atoms with Crippen LogP contribution in [0.2, 0.25) is 0 Å². The lowest BCUT2D eigenvalue weighted by atomic mass is 9.90. The Labute approximate surface area is 195 Å². The second-order valence-corrected chi connectivity index (χ2v) is 9.28. The fourth-order valence-electron chi connectivity index (χ4n) is 3.11. The van der Waals surface area contributed by atoms with E-state index in [4.69, 9.17) is 63.9 Å². The van der Waals surface area contributed by atoms with Gasteiger partial charge in [-0.15, -0.1) is 0 Å². The number of alkyl halides is 3. The van der Waals surface area contributed by atoms with Crippen molar-refractivity contribution in [1.29, 1.82) is 5.41 Å². The predicted octanol–water partition coefficient (Wildman–Crippen LogP) is 3.79. The van der Waals surface area contributed by atoms with E-state index in [1.165, 1.54) is 13.8 Å². The highest BCUT2D eigenvalue weighted by Gasteiger charge is 2.50. The van der Waals surface area contributed by atoms with Gasteiger partial charge in [-0.3, -0.25) is 15.0 Å². The molecule has 1 heterocycles. The minimum atomic E-state index is -2.14. The molecule has 1 fully saturated rings. The normalized spacial score (nSPS) is 26.1. The Morgan fingerprint density at radius 3 is 2.16 bits per heavy atom. The molecule has 1 aromatic carbocycles. The van der Waals surface area contributed by atoms with Crippen LogP contribution in [0.3, 0.4) is 0 Å². The van der Waals surface area contributed by atoms with Gasteiger partial charge in [0.25, 0.3) is 3.79 Å². The largest absolute Gasteiger partial charge is 0.459 e. The van der Waals surface area contributed by atoms with Crippen LogP contribution in [-0.2, 0) is 39.9 Å². The molecular weight excluding hydrogens is 473 g/mol. The van der Waals surface area contributed by atoms with Crippen molar-refractivity contribution in [2.24, 2.45) is 5.92 Å². The Morgan fingerprint density at radius 1 is 1.03 bits per heavy atom. The van der Waals surface area contributed by atoms with Crippen LogP contribution in [0.25, 0.3) is 0 Å². The van der Waals surface area contributed by atoms with Crippen molar-refractivity contribution < 1.29 is 33.3 Å². The molecule has 0 saturated carbocycles. The fraction of sp³-hybridized carbons (Fsp3) is 0.550. The molecule has 5 unspecified atom stereocenters. The first-order valence-corrected chi connectivity index (χ1v) is 10.6. The number of hydrogen-bond acceptors (Lipinski definition) is 8. The van der Waals surface area contributed by atoms with E-state index in [-0.39, 0.29) is 6.61 Å².